The van der Waals surface area contributed by atoms with Crippen LogP contribution in [0.5, 0.6) is 5.75 Å². The number of carboxylic acids is 4. The average Bonchev–Trinajstić information content (AvgIpc) is 1.61. The first-order chi connectivity index (χ1) is 47.4. The van der Waals surface area contributed by atoms with Crippen molar-refractivity contribution in [3.63, 3.8) is 0 Å². The van der Waals surface area contributed by atoms with E-state index in [4.69, 9.17) is 26.5 Å². The largest absolute Gasteiger partial charge is 0.508 e. The van der Waals surface area contributed by atoms with Crippen LogP contribution in [-0.4, -0.2) is 221 Å². The van der Waals surface area contributed by atoms with E-state index in [-0.39, 0.29) is 70.2 Å². The minimum absolute atomic E-state index is 0.0402. The number of phenolic OH excluding ortho intramolecular Hbond substituents is 1. The molecule has 3 aromatic carbocycles. The number of aliphatic carboxylic acids is 4. The number of aromatic nitrogens is 1. The summed E-state index contributed by atoms with van der Waals surface area (Å²) in [4.78, 5) is 194. The third kappa shape index (κ3) is 25.5. The Morgan fingerprint density at radius 1 is 0.650 bits per heavy atom. The van der Waals surface area contributed by atoms with Crippen molar-refractivity contribution >= 4 is 115 Å². The zero-order valence-electron chi connectivity index (χ0n) is 55.3. The number of hydrogen-bond donors (Lipinski definition) is 18. The van der Waals surface area contributed by atoms with Crippen LogP contribution in [0.15, 0.2) is 85.1 Å². The molecule has 33 nitrogen and oxygen atoms in total. The van der Waals surface area contributed by atoms with Gasteiger partial charge in [-0.15, -0.1) is 0 Å². The quantitative estimate of drug-likeness (QED) is 0.0311. The molecule has 3 heterocycles. The van der Waals surface area contributed by atoms with E-state index in [2.05, 4.69) is 52.8 Å². The Morgan fingerprint density at radius 3 is 1.80 bits per heavy atom. The molecule has 2 aliphatic rings. The highest BCUT2D eigenvalue weighted by atomic mass is 33.1. The van der Waals surface area contributed by atoms with Gasteiger partial charge < -0.3 is 99.8 Å². The minimum Gasteiger partial charge on any atom is -0.508 e. The van der Waals surface area contributed by atoms with E-state index >= 15 is 9.59 Å². The molecule has 0 spiro atoms. The van der Waals surface area contributed by atoms with E-state index in [0.717, 1.165) is 33.4 Å². The van der Waals surface area contributed by atoms with Gasteiger partial charge in [0, 0.05) is 67.8 Å². The van der Waals surface area contributed by atoms with Crippen LogP contribution < -0.4 is 59.3 Å². The molecule has 0 saturated carbocycles. The number of carboxylic acid groups (broad SMARTS) is 4. The molecule has 12 atom stereocenters. The lowest BCUT2D eigenvalue weighted by molar-refractivity contribution is -0.145. The van der Waals surface area contributed by atoms with E-state index < -0.39 is 186 Å². The van der Waals surface area contributed by atoms with Crippen molar-refractivity contribution in [3.8, 4) is 5.75 Å². The molecule has 35 heteroatoms. The van der Waals surface area contributed by atoms with Gasteiger partial charge in [-0.2, -0.15) is 0 Å². The van der Waals surface area contributed by atoms with Crippen LogP contribution in [0.1, 0.15) is 89.3 Å². The second-order valence-electron chi connectivity index (χ2n) is 24.2. The van der Waals surface area contributed by atoms with Crippen LogP contribution in [0.25, 0.3) is 10.9 Å². The summed E-state index contributed by atoms with van der Waals surface area (Å²) in [6, 6.07) is 3.54. The Morgan fingerprint density at radius 2 is 1.21 bits per heavy atom. The molecule has 2 saturated heterocycles. The topological polar surface area (TPSA) is 540 Å². The van der Waals surface area contributed by atoms with Crippen LogP contribution in [0, 0.1) is 5.92 Å². The van der Waals surface area contributed by atoms with E-state index in [1.165, 1.54) is 45.0 Å². The highest BCUT2D eigenvalue weighted by molar-refractivity contribution is 8.76. The average molecular weight is 1430 g/mol. The predicted octanol–water partition coefficient (Wildman–Crippen LogP) is -1.73. The second-order valence-corrected chi connectivity index (χ2v) is 26.7. The van der Waals surface area contributed by atoms with E-state index in [1.54, 1.807) is 60.8 Å². The number of carbonyl (C=O) groups excluding carboxylic acids is 10. The van der Waals surface area contributed by atoms with Crippen molar-refractivity contribution in [1.29, 1.82) is 0 Å². The normalized spacial score (nSPS) is 21.1. The lowest BCUT2D eigenvalue weighted by Crippen LogP contribution is -2.62. The summed E-state index contributed by atoms with van der Waals surface area (Å²) >= 11 is 0. The van der Waals surface area contributed by atoms with Crippen molar-refractivity contribution in [2.45, 2.75) is 164 Å². The fourth-order valence-corrected chi connectivity index (χ4v) is 13.0. The Balaban J connectivity index is 0.00000438. The number of carbonyl (C=O) groups is 14. The number of hydrogen-bond acceptors (Lipinski definition) is 20. The first-order valence-corrected chi connectivity index (χ1v) is 34.5. The zero-order valence-corrected chi connectivity index (χ0v) is 56.9. The molecule has 10 amide bonds. The number of phenols is 1. The first kappa shape index (κ1) is 80.8. The number of likely N-dealkylation sites (tertiary alicyclic amines) is 1. The fourth-order valence-electron chi connectivity index (χ4n) is 10.6. The van der Waals surface area contributed by atoms with Crippen LogP contribution in [0.3, 0.4) is 0 Å². The third-order valence-electron chi connectivity index (χ3n) is 15.9. The number of H-pyrrole nitrogens is 1. The summed E-state index contributed by atoms with van der Waals surface area (Å²) in [5.41, 5.74) is 13.9. The summed E-state index contributed by atoms with van der Waals surface area (Å²) in [5, 5.41) is 81.3. The fraction of sp³-hybridized carbons (Fsp3) is 0.477. The molecule has 1 aromatic heterocycles. The number of aliphatic hydroxyl groups is 1. The predicted molar refractivity (Wildman–Crippen MR) is 364 cm³/mol. The number of aromatic amines is 1. The minimum atomic E-state index is -2.00. The molecular weight excluding hydrogens is 1350 g/mol. The molecule has 100 heavy (non-hydrogen) atoms. The number of benzene rings is 3. The van der Waals surface area contributed by atoms with Gasteiger partial charge in [0.2, 0.25) is 59.1 Å². The monoisotopic (exact) mass is 1430 g/mol. The maximum absolute atomic E-state index is 15.1. The number of nitrogens with zero attached hydrogens (tertiary/aromatic N) is 1. The number of aromatic hydroxyl groups is 1. The molecule has 544 valence electrons. The molecule has 2 aliphatic heterocycles. The number of nitrogens with two attached hydrogens (primary N) is 2. The maximum Gasteiger partial charge on any atom is 0.326 e. The molecule has 6 rings (SSSR count). The summed E-state index contributed by atoms with van der Waals surface area (Å²) < 4.78 is 0. The van der Waals surface area contributed by atoms with Gasteiger partial charge in [0.25, 0.3) is 5.97 Å². The number of amides is 10. The number of rotatable bonds is 26. The third-order valence-corrected chi connectivity index (χ3v) is 18.4. The van der Waals surface area contributed by atoms with Crippen LogP contribution in [0.4, 0.5) is 0 Å². The molecule has 0 bridgehead atoms. The van der Waals surface area contributed by atoms with Crippen LogP contribution >= 0.6 is 21.6 Å². The van der Waals surface area contributed by atoms with E-state index in [1.807, 2.05) is 0 Å². The summed E-state index contributed by atoms with van der Waals surface area (Å²) in [7, 11) is 1.65. The Bertz CT molecular complexity index is 3540. The van der Waals surface area contributed by atoms with Crippen molar-refractivity contribution < 1.29 is 97.8 Å². The van der Waals surface area contributed by atoms with Gasteiger partial charge in [0.15, 0.2) is 0 Å². The lowest BCUT2D eigenvalue weighted by atomic mass is 10.0. The highest BCUT2D eigenvalue weighted by Crippen LogP contribution is 2.26. The van der Waals surface area contributed by atoms with Gasteiger partial charge in [-0.05, 0) is 86.4 Å². The Hall–Kier alpha value is -9.84. The highest BCUT2D eigenvalue weighted by Gasteiger charge is 2.42. The molecule has 12 unspecified atom stereocenters. The van der Waals surface area contributed by atoms with Gasteiger partial charge in [-0.25, -0.2) is 4.79 Å². The van der Waals surface area contributed by atoms with Gasteiger partial charge in [0.05, 0.1) is 18.6 Å². The van der Waals surface area contributed by atoms with Gasteiger partial charge >= 0.3 is 17.9 Å². The summed E-state index contributed by atoms with van der Waals surface area (Å²) in [6.07, 6.45) is -2.43. The maximum atomic E-state index is 15.1. The van der Waals surface area contributed by atoms with Crippen molar-refractivity contribution in [1.82, 2.24) is 57.7 Å². The molecule has 0 radical (unpaired) electrons. The molecule has 0 aliphatic carbocycles. The number of para-hydroxylation sites is 1. The lowest BCUT2D eigenvalue weighted by Gasteiger charge is -2.31. The summed E-state index contributed by atoms with van der Waals surface area (Å²) in [6.45, 7) is 5.23. The van der Waals surface area contributed by atoms with Crippen molar-refractivity contribution in [2.75, 3.05) is 24.6 Å². The molecule has 20 N–H and O–H groups in total. The Kier molecular flexibility index (Phi) is 32.1. The van der Waals surface area contributed by atoms with Crippen molar-refractivity contribution in [2.24, 2.45) is 17.4 Å². The number of nitrogens with one attached hydrogen (secondary N) is 10. The molecule has 2 fully saturated rings. The molecule has 4 aromatic rings. The second kappa shape index (κ2) is 39.7. The summed E-state index contributed by atoms with van der Waals surface area (Å²) in [5.74, 6) is -16.9. The van der Waals surface area contributed by atoms with Gasteiger partial charge in [-0.3, -0.25) is 62.3 Å². The SMILES string of the molecule is CC(=O)O.CC(C)C(NC(=O)C1CSSCC(NC(=O)C(CC(=O)O)NC(=O)C2CCCN2C(=O)C(NC(=O)C(N)CCC(=O)O)C(C)O)C(=O)NC(Cc2ccccc2)C(=O)NC(Cc2c[nH]c3ccccc23)C(=O)NC(CCCN)C(=O)NC(Cc2ccc(O)cc2)C(=O)N1)C(=O)O. The first-order valence-electron chi connectivity index (χ1n) is 32.0. The van der Waals surface area contributed by atoms with Crippen molar-refractivity contribution in [3.05, 3.63) is 102 Å². The smallest absolute Gasteiger partial charge is 0.326 e. The van der Waals surface area contributed by atoms with Crippen LogP contribution in [-0.2, 0) is 86.4 Å². The van der Waals surface area contributed by atoms with E-state index in [9.17, 15) is 73.2 Å². The Labute approximate surface area is 582 Å². The van der Waals surface area contributed by atoms with Gasteiger partial charge in [-0.1, -0.05) is 96.1 Å². The van der Waals surface area contributed by atoms with Crippen LogP contribution in [0.2, 0.25) is 0 Å². The molecular formula is C65H87N13O20S2. The van der Waals surface area contributed by atoms with E-state index in [0.29, 0.717) is 27.6 Å². The standard InChI is InChI=1S/C63H83N13O18S2.C2H4O2/c1-32(2)51(63(93)94)74-60(90)47-31-96-95-30-46(72-58(88)45(28-50(81)82)71-61(91)48-16-10-24-76(48)62(92)52(33(3)77)75-53(83)39(65)21-22-49(79)80)59(89)69-42(25-34-11-5-4-6-12-34)55(85)70-44(27-36-29-66-40-14-8-7-13-38(36)40)57(87)67-41(15-9-23-64)54(84)68-43(56(86)73-47)26-35-17-19-37(78)20-18-35;1-2(3)4/h4-8,11-14,17-20,29,32-33,39,41-48,51-52,66,77-78H,9-10,15-16,21-28,30-31,64-65H2,1-3H3,(H,67,87)(H,68,84)(H,69,89)(H,70,85)(H,71,91)(H,72,88)(H,73,86)(H,74,90)(H,75,83)(H,79,80)(H,81,82)(H,93,94);1H3,(H,3,4). The number of fused-ring (bicyclic) bond motifs is 1. The van der Waals surface area contributed by atoms with Gasteiger partial charge in [0.1, 0.15) is 66.2 Å². The number of aliphatic hydroxyl groups excluding tert-OH is 1. The zero-order chi connectivity index (χ0) is 73.9.